The van der Waals surface area contributed by atoms with Crippen molar-refractivity contribution in [2.75, 3.05) is 43.4 Å². The average molecular weight is 466 g/mol. The molecule has 172 valence electrons. The van der Waals surface area contributed by atoms with Crippen molar-refractivity contribution < 1.29 is 0 Å². The Kier molecular flexibility index (Phi) is 7.33. The number of halogens is 1. The van der Waals surface area contributed by atoms with Crippen molar-refractivity contribution in [3.8, 4) is 11.3 Å². The van der Waals surface area contributed by atoms with Crippen LogP contribution < -0.4 is 16.0 Å². The molecule has 3 aromatic heterocycles. The van der Waals surface area contributed by atoms with E-state index in [4.69, 9.17) is 0 Å². The van der Waals surface area contributed by atoms with Gasteiger partial charge in [0.1, 0.15) is 18.0 Å². The first-order chi connectivity index (χ1) is 15.8. The fourth-order valence-corrected chi connectivity index (χ4v) is 3.91. The van der Waals surface area contributed by atoms with Crippen LogP contribution in [0.2, 0.25) is 0 Å². The van der Waals surface area contributed by atoms with E-state index in [-0.39, 0.29) is 12.4 Å². The normalized spacial score (nSPS) is 14.1. The van der Waals surface area contributed by atoms with E-state index in [1.807, 2.05) is 31.3 Å². The lowest BCUT2D eigenvalue weighted by Crippen LogP contribution is -2.42. The Balaban J connectivity index is 0.00000259. The van der Waals surface area contributed by atoms with Crippen molar-refractivity contribution >= 4 is 41.0 Å². The molecule has 1 saturated heterocycles. The Hall–Kier alpha value is -3.27. The molecule has 0 aliphatic carbocycles. The number of imidazole rings is 1. The summed E-state index contributed by atoms with van der Waals surface area (Å²) in [7, 11) is 0. The zero-order chi connectivity index (χ0) is 21.8. The lowest BCUT2D eigenvalue weighted by molar-refractivity contribution is 0.233. The summed E-state index contributed by atoms with van der Waals surface area (Å²) in [6, 6.07) is 12.2. The van der Waals surface area contributed by atoms with Crippen LogP contribution in [0.25, 0.3) is 22.3 Å². The Morgan fingerprint density at radius 3 is 2.73 bits per heavy atom. The molecule has 1 aliphatic heterocycles. The lowest BCUT2D eigenvalue weighted by Gasteiger charge is -2.27. The van der Waals surface area contributed by atoms with E-state index in [0.717, 1.165) is 73.2 Å². The molecule has 0 unspecified atom stereocenters. The smallest absolute Gasteiger partial charge is 0.206 e. The maximum absolute atomic E-state index is 4.66. The summed E-state index contributed by atoms with van der Waals surface area (Å²) in [5.41, 5.74) is 4.93. The largest absolute Gasteiger partial charge is 0.370 e. The molecule has 5 rings (SSSR count). The second-order valence-electron chi connectivity index (χ2n) is 7.84. The van der Waals surface area contributed by atoms with Gasteiger partial charge in [-0.15, -0.1) is 12.4 Å². The predicted molar refractivity (Wildman–Crippen MR) is 134 cm³/mol. The summed E-state index contributed by atoms with van der Waals surface area (Å²) >= 11 is 0. The number of H-pyrrole nitrogens is 1. The van der Waals surface area contributed by atoms with E-state index in [0.29, 0.717) is 5.95 Å². The minimum atomic E-state index is 0. The molecule has 33 heavy (non-hydrogen) atoms. The van der Waals surface area contributed by atoms with Crippen LogP contribution in [0.5, 0.6) is 0 Å². The number of hydrogen-bond acceptors (Lipinski definition) is 8. The number of anilines is 3. The topological polar surface area (TPSA) is 107 Å². The van der Waals surface area contributed by atoms with E-state index >= 15 is 0 Å². The molecule has 1 aromatic carbocycles. The first-order valence-electron chi connectivity index (χ1n) is 11.0. The second-order valence-corrected chi connectivity index (χ2v) is 7.84. The van der Waals surface area contributed by atoms with E-state index in [1.54, 1.807) is 6.33 Å². The fourth-order valence-electron chi connectivity index (χ4n) is 3.91. The Morgan fingerprint density at radius 2 is 1.88 bits per heavy atom. The van der Waals surface area contributed by atoms with Crippen molar-refractivity contribution in [2.24, 2.45) is 0 Å². The van der Waals surface area contributed by atoms with Crippen molar-refractivity contribution in [2.45, 2.75) is 13.5 Å². The standard InChI is InChI=1S/C23H27N9.ClH/c1-2-25-21-13-19(27-15-28-21)17-3-4-18-20(12-17)30-23(29-18)31-22-11-16(5-6-26-22)14-32-9-7-24-8-10-32;/h3-6,11-13,15,24H,2,7-10,14H2,1H3,(H,25,27,28)(H2,26,29,30,31);1H. The molecule has 4 aromatic rings. The van der Waals surface area contributed by atoms with E-state index in [1.165, 1.54) is 5.56 Å². The first-order valence-corrected chi connectivity index (χ1v) is 11.0. The number of fused-ring (bicyclic) bond motifs is 1. The van der Waals surface area contributed by atoms with Gasteiger partial charge in [-0.2, -0.15) is 0 Å². The van der Waals surface area contributed by atoms with Gasteiger partial charge in [0, 0.05) is 57.1 Å². The fraction of sp³-hybridized carbons (Fsp3) is 0.304. The summed E-state index contributed by atoms with van der Waals surface area (Å²) in [4.78, 5) is 23.6. The highest BCUT2D eigenvalue weighted by atomic mass is 35.5. The number of hydrogen-bond donors (Lipinski definition) is 4. The van der Waals surface area contributed by atoms with Crippen LogP contribution in [0.4, 0.5) is 17.6 Å². The summed E-state index contributed by atoms with van der Waals surface area (Å²) in [6.45, 7) is 8.01. The number of rotatable bonds is 7. The van der Waals surface area contributed by atoms with Gasteiger partial charge >= 0.3 is 0 Å². The SMILES string of the molecule is CCNc1cc(-c2ccc3nc(Nc4cc(CN5CCNCC5)ccn4)[nH]c3c2)ncn1.Cl. The molecule has 1 aliphatic rings. The number of nitrogens with one attached hydrogen (secondary N) is 4. The maximum Gasteiger partial charge on any atom is 0.206 e. The number of pyridine rings is 1. The summed E-state index contributed by atoms with van der Waals surface area (Å²) < 4.78 is 0. The number of piperazine rings is 1. The molecule has 9 nitrogen and oxygen atoms in total. The molecule has 0 spiro atoms. The number of aromatic nitrogens is 5. The molecular weight excluding hydrogens is 438 g/mol. The van der Waals surface area contributed by atoms with Gasteiger partial charge < -0.3 is 20.9 Å². The van der Waals surface area contributed by atoms with Gasteiger partial charge in [0.25, 0.3) is 0 Å². The lowest BCUT2D eigenvalue weighted by atomic mass is 10.1. The number of aromatic amines is 1. The van der Waals surface area contributed by atoms with Gasteiger partial charge in [0.15, 0.2) is 0 Å². The molecule has 4 heterocycles. The summed E-state index contributed by atoms with van der Waals surface area (Å²) in [5, 5.41) is 9.92. The van der Waals surface area contributed by atoms with Crippen LogP contribution in [0.15, 0.2) is 48.9 Å². The zero-order valence-electron chi connectivity index (χ0n) is 18.5. The molecule has 4 N–H and O–H groups in total. The van der Waals surface area contributed by atoms with Crippen molar-refractivity contribution in [3.63, 3.8) is 0 Å². The Labute approximate surface area is 198 Å². The third kappa shape index (κ3) is 5.57. The van der Waals surface area contributed by atoms with Crippen molar-refractivity contribution in [1.29, 1.82) is 0 Å². The van der Waals surface area contributed by atoms with Crippen molar-refractivity contribution in [3.05, 3.63) is 54.5 Å². The highest BCUT2D eigenvalue weighted by molar-refractivity contribution is 5.85. The van der Waals surface area contributed by atoms with Gasteiger partial charge in [-0.3, -0.25) is 4.90 Å². The van der Waals surface area contributed by atoms with Crippen LogP contribution in [0.3, 0.4) is 0 Å². The predicted octanol–water partition coefficient (Wildman–Crippen LogP) is 3.42. The van der Waals surface area contributed by atoms with Crippen LogP contribution in [-0.2, 0) is 6.54 Å². The van der Waals surface area contributed by atoms with Gasteiger partial charge in [0.05, 0.1) is 16.7 Å². The first kappa shape index (κ1) is 22.9. The third-order valence-electron chi connectivity index (χ3n) is 5.49. The molecule has 0 radical (unpaired) electrons. The molecule has 1 fully saturated rings. The van der Waals surface area contributed by atoms with Crippen LogP contribution >= 0.6 is 12.4 Å². The molecule has 0 atom stereocenters. The quantitative estimate of drug-likeness (QED) is 0.329. The molecule has 0 bridgehead atoms. The maximum atomic E-state index is 4.66. The summed E-state index contributed by atoms with van der Waals surface area (Å²) in [5.74, 6) is 2.26. The van der Waals surface area contributed by atoms with Gasteiger partial charge in [-0.05, 0) is 36.8 Å². The monoisotopic (exact) mass is 465 g/mol. The molecular formula is C23H28ClN9. The number of nitrogens with zero attached hydrogens (tertiary/aromatic N) is 5. The van der Waals surface area contributed by atoms with E-state index in [2.05, 4.69) is 64.0 Å². The van der Waals surface area contributed by atoms with Gasteiger partial charge in [-0.25, -0.2) is 19.9 Å². The van der Waals surface area contributed by atoms with E-state index < -0.39 is 0 Å². The van der Waals surface area contributed by atoms with Crippen LogP contribution in [-0.4, -0.2) is 62.5 Å². The Bertz CT molecular complexity index is 1200. The van der Waals surface area contributed by atoms with Gasteiger partial charge in [-0.1, -0.05) is 6.07 Å². The second kappa shape index (κ2) is 10.6. The Morgan fingerprint density at radius 1 is 1.00 bits per heavy atom. The summed E-state index contributed by atoms with van der Waals surface area (Å²) in [6.07, 6.45) is 3.42. The van der Waals surface area contributed by atoms with Crippen LogP contribution in [0.1, 0.15) is 12.5 Å². The molecule has 0 saturated carbocycles. The average Bonchev–Trinajstić information content (AvgIpc) is 3.22. The molecule has 0 amide bonds. The van der Waals surface area contributed by atoms with E-state index in [9.17, 15) is 0 Å². The molecule has 10 heteroatoms. The zero-order valence-corrected chi connectivity index (χ0v) is 19.3. The highest BCUT2D eigenvalue weighted by Crippen LogP contribution is 2.25. The minimum Gasteiger partial charge on any atom is -0.370 e. The third-order valence-corrected chi connectivity index (χ3v) is 5.49. The van der Waals surface area contributed by atoms with Crippen molar-refractivity contribution in [1.82, 2.24) is 35.1 Å². The number of benzene rings is 1. The van der Waals surface area contributed by atoms with Gasteiger partial charge in [0.2, 0.25) is 5.95 Å². The van der Waals surface area contributed by atoms with Crippen LogP contribution in [0, 0.1) is 0 Å². The highest BCUT2D eigenvalue weighted by Gasteiger charge is 2.11. The minimum absolute atomic E-state index is 0.